The number of hydrogen-bond donors (Lipinski definition) is 3. The van der Waals surface area contributed by atoms with Gasteiger partial charge in [-0.2, -0.15) is 13.2 Å². The smallest absolute Gasteiger partial charge is 0.394 e. The van der Waals surface area contributed by atoms with Gasteiger partial charge in [-0.1, -0.05) is 58.3 Å². The average Bonchev–Trinajstić information content (AvgIpc) is 3.38. The fourth-order valence-corrected chi connectivity index (χ4v) is 4.19. The largest absolute Gasteiger partial charge is 0.451 e. The van der Waals surface area contributed by atoms with E-state index in [-0.39, 0.29) is 11.9 Å². The molecule has 1 saturated heterocycles. The molecule has 1 amide bonds. The topological polar surface area (TPSA) is 122 Å². The number of carbonyl (C=O) groups is 1. The lowest BCUT2D eigenvalue weighted by atomic mass is 10.1. The Morgan fingerprint density at radius 1 is 1.11 bits per heavy atom. The lowest BCUT2D eigenvalue weighted by Crippen LogP contribution is -2.30. The number of hydrogen-bond acceptors (Lipinski definition) is 7. The van der Waals surface area contributed by atoms with Crippen molar-refractivity contribution in [2.75, 3.05) is 11.9 Å². The van der Waals surface area contributed by atoms with Gasteiger partial charge in [-0.3, -0.25) is 9.36 Å². The van der Waals surface area contributed by atoms with Crippen LogP contribution >= 0.6 is 0 Å². The molecule has 0 aromatic carbocycles. The summed E-state index contributed by atoms with van der Waals surface area (Å²) in [5.41, 5.74) is -0.602. The van der Waals surface area contributed by atoms with Crippen molar-refractivity contribution in [2.45, 2.75) is 102 Å². The van der Waals surface area contributed by atoms with Crippen LogP contribution in [0, 0.1) is 0 Å². The van der Waals surface area contributed by atoms with E-state index >= 15 is 0 Å². The van der Waals surface area contributed by atoms with Gasteiger partial charge in [-0.15, -0.1) is 0 Å². The summed E-state index contributed by atoms with van der Waals surface area (Å²) in [6.07, 6.45) is -0.946. The van der Waals surface area contributed by atoms with Crippen molar-refractivity contribution in [1.29, 1.82) is 0 Å². The molecule has 3 rings (SSSR count). The molecule has 1 aliphatic rings. The minimum absolute atomic E-state index is 0.103. The molecule has 3 heterocycles. The number of aliphatic hydroxyl groups excluding tert-OH is 2. The standard InChI is InChI=1S/C23H33F4N5O4/c1-2-3-4-5-6-7-8-9-10-11-15(34)29-19-17-20(31-22(30-19)23(25,26)27)32(13-28-17)21-16(24)18(35)14(12-33)36-21/h13-14,16,18,21,33,35H,2-12H2,1H3,(H,29,30,31,34)/t14-,16?,18?,21-/m1/s1. The van der Waals surface area contributed by atoms with Gasteiger partial charge in [0.25, 0.3) is 0 Å². The third-order valence-corrected chi connectivity index (χ3v) is 6.19. The van der Waals surface area contributed by atoms with Crippen LogP contribution in [0.15, 0.2) is 6.33 Å². The first kappa shape index (κ1) is 28.2. The van der Waals surface area contributed by atoms with Crippen LogP contribution in [0.3, 0.4) is 0 Å². The van der Waals surface area contributed by atoms with Crippen LogP contribution in [0.2, 0.25) is 0 Å². The summed E-state index contributed by atoms with van der Waals surface area (Å²) in [5, 5.41) is 21.5. The van der Waals surface area contributed by atoms with E-state index < -0.39 is 60.6 Å². The highest BCUT2D eigenvalue weighted by molar-refractivity contribution is 5.96. The molecule has 0 spiro atoms. The predicted molar refractivity (Wildman–Crippen MR) is 123 cm³/mol. The number of nitrogens with one attached hydrogen (secondary N) is 1. The first-order valence-electron chi connectivity index (χ1n) is 12.4. The lowest BCUT2D eigenvalue weighted by Gasteiger charge is -2.16. The number of amides is 1. The third-order valence-electron chi connectivity index (χ3n) is 6.19. The summed E-state index contributed by atoms with van der Waals surface area (Å²) in [6.45, 7) is 1.47. The van der Waals surface area contributed by atoms with Crippen molar-refractivity contribution < 1.29 is 37.3 Å². The van der Waals surface area contributed by atoms with E-state index in [0.717, 1.165) is 36.6 Å². The number of fused-ring (bicyclic) bond motifs is 1. The van der Waals surface area contributed by atoms with Crippen molar-refractivity contribution in [1.82, 2.24) is 19.5 Å². The van der Waals surface area contributed by atoms with E-state index in [1.54, 1.807) is 0 Å². The number of anilines is 1. The Hall–Kier alpha value is -2.38. The zero-order valence-electron chi connectivity index (χ0n) is 20.2. The summed E-state index contributed by atoms with van der Waals surface area (Å²) in [4.78, 5) is 23.3. The van der Waals surface area contributed by atoms with Crippen LogP contribution in [-0.4, -0.2) is 60.6 Å². The van der Waals surface area contributed by atoms with E-state index in [1.165, 1.54) is 25.7 Å². The van der Waals surface area contributed by atoms with Gasteiger partial charge >= 0.3 is 6.18 Å². The molecule has 202 valence electrons. The summed E-state index contributed by atoms with van der Waals surface area (Å²) in [5.74, 6) is -2.50. The molecule has 4 atom stereocenters. The van der Waals surface area contributed by atoms with Crippen LogP contribution in [0.4, 0.5) is 23.4 Å². The van der Waals surface area contributed by atoms with Gasteiger partial charge in [0, 0.05) is 6.42 Å². The minimum atomic E-state index is -4.95. The maximum absolute atomic E-state index is 14.6. The molecule has 1 fully saturated rings. The Bertz CT molecular complexity index is 1000. The van der Waals surface area contributed by atoms with Crippen LogP contribution in [0.1, 0.15) is 83.2 Å². The molecule has 9 nitrogen and oxygen atoms in total. The molecular formula is C23H33F4N5O4. The Morgan fingerprint density at radius 3 is 2.33 bits per heavy atom. The van der Waals surface area contributed by atoms with E-state index in [1.807, 2.05) is 0 Å². The lowest BCUT2D eigenvalue weighted by molar-refractivity contribution is -0.144. The Morgan fingerprint density at radius 2 is 1.75 bits per heavy atom. The second kappa shape index (κ2) is 12.7. The van der Waals surface area contributed by atoms with Crippen LogP contribution in [-0.2, 0) is 15.7 Å². The second-order valence-electron chi connectivity index (χ2n) is 9.03. The average molecular weight is 520 g/mol. The number of alkyl halides is 4. The van der Waals surface area contributed by atoms with Gasteiger partial charge < -0.3 is 20.3 Å². The van der Waals surface area contributed by atoms with Crippen LogP contribution < -0.4 is 5.32 Å². The molecule has 0 saturated carbocycles. The minimum Gasteiger partial charge on any atom is -0.394 e. The third kappa shape index (κ3) is 6.88. The number of carbonyl (C=O) groups excluding carboxylic acids is 1. The van der Waals surface area contributed by atoms with Crippen LogP contribution in [0.5, 0.6) is 0 Å². The van der Waals surface area contributed by atoms with Crippen molar-refractivity contribution in [3.63, 3.8) is 0 Å². The molecular weight excluding hydrogens is 486 g/mol. The van der Waals surface area contributed by atoms with E-state index in [0.29, 0.717) is 6.42 Å². The van der Waals surface area contributed by atoms with Gasteiger partial charge in [-0.25, -0.2) is 19.3 Å². The fraction of sp³-hybridized carbons (Fsp3) is 0.739. The van der Waals surface area contributed by atoms with Gasteiger partial charge in [0.05, 0.1) is 12.9 Å². The molecule has 13 heteroatoms. The summed E-state index contributed by atoms with van der Waals surface area (Å²) in [6, 6.07) is 0. The highest BCUT2D eigenvalue weighted by Crippen LogP contribution is 2.36. The second-order valence-corrected chi connectivity index (χ2v) is 9.03. The molecule has 2 aromatic rings. The SMILES string of the molecule is CCCCCCCCCCCC(=O)Nc1nc(C(F)(F)F)nc2c1ncn2[C@@H]1O[C@H](CO)C(O)C1F. The van der Waals surface area contributed by atoms with E-state index in [9.17, 15) is 32.6 Å². The summed E-state index contributed by atoms with van der Waals surface area (Å²) >= 11 is 0. The maximum Gasteiger partial charge on any atom is 0.451 e. The van der Waals surface area contributed by atoms with Crippen molar-refractivity contribution in [2.24, 2.45) is 0 Å². The zero-order chi connectivity index (χ0) is 26.3. The number of aliphatic hydroxyl groups is 2. The quantitative estimate of drug-likeness (QED) is 0.267. The molecule has 1 aliphatic heterocycles. The first-order valence-corrected chi connectivity index (χ1v) is 12.4. The number of aromatic nitrogens is 4. The number of rotatable bonds is 13. The van der Waals surface area contributed by atoms with E-state index in [4.69, 9.17) is 4.74 Å². The molecule has 0 radical (unpaired) electrons. The molecule has 3 N–H and O–H groups in total. The highest BCUT2D eigenvalue weighted by atomic mass is 19.4. The molecule has 36 heavy (non-hydrogen) atoms. The first-order chi connectivity index (χ1) is 17.2. The monoisotopic (exact) mass is 519 g/mol. The number of unbranched alkanes of at least 4 members (excludes halogenated alkanes) is 8. The molecule has 0 bridgehead atoms. The number of nitrogens with zero attached hydrogens (tertiary/aromatic N) is 4. The van der Waals surface area contributed by atoms with Crippen LogP contribution in [0.25, 0.3) is 11.2 Å². The van der Waals surface area contributed by atoms with Crippen molar-refractivity contribution in [3.8, 4) is 0 Å². The van der Waals surface area contributed by atoms with Crippen molar-refractivity contribution in [3.05, 3.63) is 12.2 Å². The van der Waals surface area contributed by atoms with E-state index in [2.05, 4.69) is 27.2 Å². The summed E-state index contributed by atoms with van der Waals surface area (Å²) in [7, 11) is 0. The van der Waals surface area contributed by atoms with Gasteiger partial charge in [0.15, 0.2) is 29.4 Å². The maximum atomic E-state index is 14.6. The number of halogens is 4. The fourth-order valence-electron chi connectivity index (χ4n) is 4.19. The number of imidazole rings is 1. The highest BCUT2D eigenvalue weighted by Gasteiger charge is 2.46. The molecule has 0 aliphatic carbocycles. The predicted octanol–water partition coefficient (Wildman–Crippen LogP) is 4.29. The number of ether oxygens (including phenoxy) is 1. The molecule has 2 aromatic heterocycles. The Balaban J connectivity index is 1.68. The van der Waals surface area contributed by atoms with Gasteiger partial charge in [0.1, 0.15) is 12.2 Å². The van der Waals surface area contributed by atoms with Gasteiger partial charge in [-0.05, 0) is 6.42 Å². The van der Waals surface area contributed by atoms with Gasteiger partial charge in [0.2, 0.25) is 11.7 Å². The Labute approximate surface area is 206 Å². The molecule has 2 unspecified atom stereocenters. The normalized spacial score (nSPS) is 22.4. The summed E-state index contributed by atoms with van der Waals surface area (Å²) < 4.78 is 61.2. The van der Waals surface area contributed by atoms with Crippen molar-refractivity contribution >= 4 is 22.9 Å². The zero-order valence-corrected chi connectivity index (χ0v) is 20.2. The Kier molecular flexibility index (Phi) is 9.97.